The molecule has 7 heteroatoms. The van der Waals surface area contributed by atoms with Gasteiger partial charge in [0.15, 0.2) is 12.6 Å². The molecule has 6 nitrogen and oxygen atoms in total. The summed E-state index contributed by atoms with van der Waals surface area (Å²) in [5.74, 6) is 1.57. The zero-order chi connectivity index (χ0) is 22.2. The van der Waals surface area contributed by atoms with Crippen LogP contribution in [-0.4, -0.2) is 49.6 Å². The number of carbonyl (C=O) groups is 1. The highest BCUT2D eigenvalue weighted by molar-refractivity contribution is 14.0. The van der Waals surface area contributed by atoms with E-state index in [4.69, 9.17) is 4.74 Å². The molecule has 1 aliphatic carbocycles. The van der Waals surface area contributed by atoms with Gasteiger partial charge in [0.25, 0.3) is 5.91 Å². The number of halogens is 1. The van der Waals surface area contributed by atoms with Crippen LogP contribution in [0, 0.1) is 0 Å². The molecular formula is C26H33IN4O2. The molecule has 2 fully saturated rings. The first-order chi connectivity index (χ1) is 15.7. The van der Waals surface area contributed by atoms with Crippen LogP contribution < -0.4 is 15.4 Å². The maximum Gasteiger partial charge on any atom is 0.258 e. The van der Waals surface area contributed by atoms with Gasteiger partial charge >= 0.3 is 0 Å². The quantitative estimate of drug-likeness (QED) is 0.303. The van der Waals surface area contributed by atoms with Crippen molar-refractivity contribution in [3.05, 3.63) is 71.3 Å². The van der Waals surface area contributed by atoms with Gasteiger partial charge in [-0.2, -0.15) is 0 Å². The zero-order valence-corrected chi connectivity index (χ0v) is 21.5. The minimum absolute atomic E-state index is 0. The Balaban J connectivity index is 0.00000306. The average Bonchev–Trinajstić information content (AvgIpc) is 3.64. The Bertz CT molecular complexity index is 963. The van der Waals surface area contributed by atoms with E-state index in [2.05, 4.69) is 50.9 Å². The minimum Gasteiger partial charge on any atom is -0.484 e. The molecule has 2 aromatic rings. The van der Waals surface area contributed by atoms with Gasteiger partial charge in [-0.05, 0) is 48.9 Å². The van der Waals surface area contributed by atoms with Crippen molar-refractivity contribution in [2.24, 2.45) is 4.99 Å². The molecule has 1 saturated heterocycles. The number of hydrogen-bond donors (Lipinski definition) is 2. The number of aliphatic imine (C=N–C) groups is 1. The van der Waals surface area contributed by atoms with Crippen molar-refractivity contribution in [3.63, 3.8) is 0 Å². The van der Waals surface area contributed by atoms with E-state index in [0.29, 0.717) is 18.3 Å². The summed E-state index contributed by atoms with van der Waals surface area (Å²) in [4.78, 5) is 18.6. The summed E-state index contributed by atoms with van der Waals surface area (Å²) in [5, 5.41) is 6.41. The molecule has 0 aromatic heterocycles. The first-order valence-corrected chi connectivity index (χ1v) is 11.4. The number of nitrogens with one attached hydrogen (secondary N) is 2. The molecule has 176 valence electrons. The van der Waals surface area contributed by atoms with Crippen LogP contribution in [0.15, 0.2) is 65.2 Å². The van der Waals surface area contributed by atoms with Gasteiger partial charge in [0, 0.05) is 32.7 Å². The third kappa shape index (κ3) is 8.07. The van der Waals surface area contributed by atoms with Gasteiger partial charge in [0.1, 0.15) is 5.75 Å². The number of likely N-dealkylation sites (tertiary alicyclic amines) is 1. The smallest absolute Gasteiger partial charge is 0.258 e. The van der Waals surface area contributed by atoms with E-state index in [1.54, 1.807) is 0 Å². The largest absolute Gasteiger partial charge is 0.484 e. The molecule has 0 bridgehead atoms. The van der Waals surface area contributed by atoms with Crippen LogP contribution >= 0.6 is 24.0 Å². The number of piperidine rings is 1. The highest BCUT2D eigenvalue weighted by atomic mass is 127. The number of benzene rings is 2. The summed E-state index contributed by atoms with van der Waals surface area (Å²) in [5.41, 5.74) is 3.84. The van der Waals surface area contributed by atoms with E-state index < -0.39 is 0 Å². The third-order valence-corrected chi connectivity index (χ3v) is 5.75. The highest BCUT2D eigenvalue weighted by Crippen LogP contribution is 2.20. The van der Waals surface area contributed by atoms with Crippen LogP contribution in [0.4, 0.5) is 0 Å². The monoisotopic (exact) mass is 560 g/mol. The predicted octanol–water partition coefficient (Wildman–Crippen LogP) is 4.22. The van der Waals surface area contributed by atoms with Crippen LogP contribution in [0.5, 0.6) is 5.75 Å². The Morgan fingerprint density at radius 2 is 1.88 bits per heavy atom. The van der Waals surface area contributed by atoms with Gasteiger partial charge in [-0.3, -0.25) is 9.79 Å². The van der Waals surface area contributed by atoms with Crippen molar-refractivity contribution in [1.29, 1.82) is 0 Å². The molecule has 1 aliphatic heterocycles. The number of amides is 1. The van der Waals surface area contributed by atoms with E-state index in [0.717, 1.165) is 50.3 Å². The van der Waals surface area contributed by atoms with Gasteiger partial charge in [0.05, 0.1) is 0 Å². The second-order valence-corrected chi connectivity index (χ2v) is 8.38. The van der Waals surface area contributed by atoms with Crippen molar-refractivity contribution in [2.45, 2.75) is 38.3 Å². The molecular weight excluding hydrogens is 527 g/mol. The van der Waals surface area contributed by atoms with Crippen molar-refractivity contribution in [1.82, 2.24) is 15.5 Å². The van der Waals surface area contributed by atoms with Crippen LogP contribution in [0.25, 0.3) is 6.08 Å². The first-order valence-electron chi connectivity index (χ1n) is 11.4. The second kappa shape index (κ2) is 12.6. The maximum absolute atomic E-state index is 11.8. The van der Waals surface area contributed by atoms with E-state index >= 15 is 0 Å². The topological polar surface area (TPSA) is 66.0 Å². The fourth-order valence-electron chi connectivity index (χ4n) is 3.84. The Labute approximate surface area is 213 Å². The van der Waals surface area contributed by atoms with Crippen LogP contribution in [0.1, 0.15) is 36.8 Å². The first kappa shape index (κ1) is 25.1. The molecule has 1 amide bonds. The minimum atomic E-state index is -0.0535. The van der Waals surface area contributed by atoms with Gasteiger partial charge in [0.2, 0.25) is 0 Å². The molecule has 0 unspecified atom stereocenters. The number of guanidine groups is 1. The van der Waals surface area contributed by atoms with Crippen molar-refractivity contribution in [2.75, 3.05) is 26.7 Å². The fourth-order valence-corrected chi connectivity index (χ4v) is 3.84. The molecule has 2 N–H and O–H groups in total. The molecule has 2 aromatic carbocycles. The summed E-state index contributed by atoms with van der Waals surface area (Å²) >= 11 is 0. The number of ether oxygens (including phenoxy) is 1. The molecule has 33 heavy (non-hydrogen) atoms. The summed E-state index contributed by atoms with van der Waals surface area (Å²) in [7, 11) is 1.83. The lowest BCUT2D eigenvalue weighted by atomic mass is 10.0. The highest BCUT2D eigenvalue weighted by Gasteiger charge is 2.23. The van der Waals surface area contributed by atoms with E-state index in [-0.39, 0.29) is 36.5 Å². The molecule has 0 atom stereocenters. The molecule has 2 aliphatic rings. The van der Waals surface area contributed by atoms with Crippen LogP contribution in [0.2, 0.25) is 0 Å². The van der Waals surface area contributed by atoms with Gasteiger partial charge in [-0.25, -0.2) is 0 Å². The summed E-state index contributed by atoms with van der Waals surface area (Å²) in [6.45, 7) is 2.62. The normalized spacial score (nSPS) is 16.0. The molecule has 1 saturated carbocycles. The third-order valence-electron chi connectivity index (χ3n) is 5.75. The Morgan fingerprint density at radius 3 is 2.58 bits per heavy atom. The van der Waals surface area contributed by atoms with Crippen LogP contribution in [0.3, 0.4) is 0 Å². The lowest BCUT2D eigenvalue weighted by molar-refractivity contribution is -0.123. The molecule has 1 heterocycles. The van der Waals surface area contributed by atoms with E-state index in [1.165, 1.54) is 11.1 Å². The molecule has 0 radical (unpaired) electrons. The Morgan fingerprint density at radius 1 is 1.12 bits per heavy atom. The predicted molar refractivity (Wildman–Crippen MR) is 144 cm³/mol. The van der Waals surface area contributed by atoms with E-state index in [9.17, 15) is 4.79 Å². The number of rotatable bonds is 7. The van der Waals surface area contributed by atoms with Crippen molar-refractivity contribution in [3.8, 4) is 5.75 Å². The Kier molecular flexibility index (Phi) is 9.60. The van der Waals surface area contributed by atoms with Crippen molar-refractivity contribution < 1.29 is 9.53 Å². The van der Waals surface area contributed by atoms with Gasteiger partial charge in [-0.1, -0.05) is 54.1 Å². The van der Waals surface area contributed by atoms with Gasteiger partial charge in [-0.15, -0.1) is 24.0 Å². The summed E-state index contributed by atoms with van der Waals surface area (Å²) in [6, 6.07) is 18.7. The van der Waals surface area contributed by atoms with Crippen molar-refractivity contribution >= 4 is 41.9 Å². The Hall–Kier alpha value is -2.55. The van der Waals surface area contributed by atoms with Gasteiger partial charge < -0.3 is 20.3 Å². The number of hydrogen-bond acceptors (Lipinski definition) is 3. The SMILES string of the molecule is CN=C(NCc1cccc(OCC(=O)NC2CC2)c1)N1CCC(=Cc2ccccc2)CC1.I. The standard InChI is InChI=1S/C26H32N4O2.HI/c1-27-26(30-14-12-21(13-15-30)16-20-6-3-2-4-7-20)28-18-22-8-5-9-24(17-22)32-19-25(31)29-23-10-11-23;/h2-9,16-17,23H,10-15,18-19H2,1H3,(H,27,28)(H,29,31);1H. The average molecular weight is 560 g/mol. The summed E-state index contributed by atoms with van der Waals surface area (Å²) < 4.78 is 5.66. The lowest BCUT2D eigenvalue weighted by Gasteiger charge is -2.31. The maximum atomic E-state index is 11.8. The number of nitrogens with zero attached hydrogens (tertiary/aromatic N) is 2. The summed E-state index contributed by atoms with van der Waals surface area (Å²) in [6.07, 6.45) is 6.55. The zero-order valence-electron chi connectivity index (χ0n) is 19.1. The molecule has 4 rings (SSSR count). The van der Waals surface area contributed by atoms with E-state index in [1.807, 2.05) is 37.4 Å². The fraction of sp³-hybridized carbons (Fsp3) is 0.385. The van der Waals surface area contributed by atoms with Crippen LogP contribution in [-0.2, 0) is 11.3 Å². The molecule has 0 spiro atoms. The lowest BCUT2D eigenvalue weighted by Crippen LogP contribution is -2.44. The number of carbonyl (C=O) groups excluding carboxylic acids is 1. The second-order valence-electron chi connectivity index (χ2n) is 8.38.